The van der Waals surface area contributed by atoms with Crippen LogP contribution in [0.1, 0.15) is 70.1 Å². The molecule has 1 aliphatic carbocycles. The van der Waals surface area contributed by atoms with Gasteiger partial charge in [0.2, 0.25) is 5.91 Å². The Balaban J connectivity index is 1.42. The van der Waals surface area contributed by atoms with E-state index in [-0.39, 0.29) is 30.7 Å². The van der Waals surface area contributed by atoms with E-state index >= 15 is 0 Å². The molecule has 1 aliphatic rings. The molecule has 2 heterocycles. The Bertz CT molecular complexity index is 1380. The van der Waals surface area contributed by atoms with Crippen LogP contribution in [0.25, 0.3) is 0 Å². The number of unbranched alkanes of at least 4 members (excludes halogenated alkanes) is 1. The number of benzene rings is 1. The summed E-state index contributed by atoms with van der Waals surface area (Å²) in [7, 11) is 3.05. The standard InChI is InChI=1S/C28H35N5O6S2/c1-5-7-11-33-22(15-29-25(35)17-12-18(37-3)14-19(13-17)38-4)31-32-28(33)40-16-23(34)30-26-24(27(36)39-6-2)20-9-8-10-21(20)41-26/h12-14H,5-11,15-16H2,1-4H3,(H,29,35)(H,30,34). The summed E-state index contributed by atoms with van der Waals surface area (Å²) in [6.45, 7) is 4.93. The maximum atomic E-state index is 12.9. The van der Waals surface area contributed by atoms with Gasteiger partial charge in [0, 0.05) is 23.1 Å². The van der Waals surface area contributed by atoms with Crippen molar-refractivity contribution in [2.45, 2.75) is 64.2 Å². The molecule has 2 N–H and O–H groups in total. The average molecular weight is 602 g/mol. The Morgan fingerprint density at radius 1 is 1.07 bits per heavy atom. The second kappa shape index (κ2) is 14.4. The van der Waals surface area contributed by atoms with Crippen LogP contribution in [0.15, 0.2) is 23.4 Å². The SMILES string of the molecule is CCCCn1c(CNC(=O)c2cc(OC)cc(OC)c2)nnc1SCC(=O)Nc1sc2c(c1C(=O)OCC)CCC2. The normalized spacial score (nSPS) is 12.1. The Morgan fingerprint density at radius 3 is 2.51 bits per heavy atom. The lowest BCUT2D eigenvalue weighted by molar-refractivity contribution is -0.113. The Hall–Kier alpha value is -3.58. The van der Waals surface area contributed by atoms with E-state index in [1.807, 2.05) is 4.57 Å². The fraction of sp³-hybridized carbons (Fsp3) is 0.464. The van der Waals surface area contributed by atoms with Crippen molar-refractivity contribution in [2.24, 2.45) is 0 Å². The molecule has 220 valence electrons. The summed E-state index contributed by atoms with van der Waals surface area (Å²) in [5.74, 6) is 0.758. The topological polar surface area (TPSA) is 134 Å². The molecule has 1 aromatic carbocycles. The van der Waals surface area contributed by atoms with Crippen LogP contribution in [0.2, 0.25) is 0 Å². The fourth-order valence-electron chi connectivity index (χ4n) is 4.50. The fourth-order valence-corrected chi connectivity index (χ4v) is 6.58. The highest BCUT2D eigenvalue weighted by atomic mass is 32.2. The predicted molar refractivity (Wildman–Crippen MR) is 157 cm³/mol. The second-order valence-electron chi connectivity index (χ2n) is 9.31. The summed E-state index contributed by atoms with van der Waals surface area (Å²) in [6, 6.07) is 4.96. The second-order valence-corrected chi connectivity index (χ2v) is 11.4. The molecule has 0 saturated carbocycles. The lowest BCUT2D eigenvalue weighted by Crippen LogP contribution is -2.25. The average Bonchev–Trinajstić information content (AvgIpc) is 3.67. The Labute approximate surface area is 247 Å². The molecule has 2 amide bonds. The van der Waals surface area contributed by atoms with Crippen LogP contribution in [-0.4, -0.2) is 59.1 Å². The van der Waals surface area contributed by atoms with Gasteiger partial charge in [-0.2, -0.15) is 0 Å². The van der Waals surface area contributed by atoms with Gasteiger partial charge in [-0.05, 0) is 50.3 Å². The Morgan fingerprint density at radius 2 is 1.83 bits per heavy atom. The van der Waals surface area contributed by atoms with E-state index in [0.29, 0.717) is 45.2 Å². The van der Waals surface area contributed by atoms with Crippen LogP contribution in [0, 0.1) is 0 Å². The van der Waals surface area contributed by atoms with Gasteiger partial charge in [-0.1, -0.05) is 25.1 Å². The first-order chi connectivity index (χ1) is 19.9. The van der Waals surface area contributed by atoms with E-state index in [2.05, 4.69) is 27.8 Å². The molecule has 0 unspecified atom stereocenters. The maximum Gasteiger partial charge on any atom is 0.341 e. The third-order valence-electron chi connectivity index (χ3n) is 6.54. The molecule has 0 aliphatic heterocycles. The summed E-state index contributed by atoms with van der Waals surface area (Å²) in [5.41, 5.74) is 1.88. The van der Waals surface area contributed by atoms with Crippen molar-refractivity contribution < 1.29 is 28.6 Å². The van der Waals surface area contributed by atoms with Gasteiger partial charge in [-0.15, -0.1) is 21.5 Å². The van der Waals surface area contributed by atoms with Gasteiger partial charge in [0.15, 0.2) is 11.0 Å². The van der Waals surface area contributed by atoms with Gasteiger partial charge >= 0.3 is 5.97 Å². The van der Waals surface area contributed by atoms with Crippen LogP contribution in [-0.2, 0) is 35.5 Å². The number of carbonyl (C=O) groups is 3. The zero-order valence-electron chi connectivity index (χ0n) is 23.7. The molecule has 13 heteroatoms. The first-order valence-electron chi connectivity index (χ1n) is 13.6. The number of methoxy groups -OCH3 is 2. The van der Waals surface area contributed by atoms with Crippen molar-refractivity contribution in [3.63, 3.8) is 0 Å². The number of thiophene rings is 1. The molecule has 0 radical (unpaired) electrons. The number of nitrogens with zero attached hydrogens (tertiary/aromatic N) is 3. The summed E-state index contributed by atoms with van der Waals surface area (Å²) >= 11 is 2.71. The van der Waals surface area contributed by atoms with E-state index in [0.717, 1.165) is 42.5 Å². The molecule has 0 atom stereocenters. The number of aromatic nitrogens is 3. The Kier molecular flexibility index (Phi) is 10.6. The van der Waals surface area contributed by atoms with Gasteiger partial charge in [-0.3, -0.25) is 9.59 Å². The van der Waals surface area contributed by atoms with Crippen LogP contribution in [0.3, 0.4) is 0 Å². The molecule has 4 rings (SSSR count). The zero-order valence-corrected chi connectivity index (χ0v) is 25.3. The molecular formula is C28H35N5O6S2. The molecule has 0 fully saturated rings. The van der Waals surface area contributed by atoms with Crippen LogP contribution in [0.4, 0.5) is 5.00 Å². The minimum absolute atomic E-state index is 0.0883. The quantitative estimate of drug-likeness (QED) is 0.203. The van der Waals surface area contributed by atoms with Crippen LogP contribution < -0.4 is 20.1 Å². The van der Waals surface area contributed by atoms with Crippen molar-refractivity contribution in [3.05, 3.63) is 45.6 Å². The number of esters is 1. The highest BCUT2D eigenvalue weighted by Gasteiger charge is 2.28. The summed E-state index contributed by atoms with van der Waals surface area (Å²) < 4.78 is 17.7. The highest BCUT2D eigenvalue weighted by Crippen LogP contribution is 2.39. The third kappa shape index (κ3) is 7.39. The van der Waals surface area contributed by atoms with Gasteiger partial charge in [0.05, 0.1) is 38.7 Å². The van der Waals surface area contributed by atoms with Crippen molar-refractivity contribution in [2.75, 3.05) is 31.9 Å². The number of hydrogen-bond acceptors (Lipinski definition) is 10. The summed E-state index contributed by atoms with van der Waals surface area (Å²) in [4.78, 5) is 39.6. The van der Waals surface area contributed by atoms with Crippen molar-refractivity contribution in [1.82, 2.24) is 20.1 Å². The zero-order chi connectivity index (χ0) is 29.4. The number of anilines is 1. The summed E-state index contributed by atoms with van der Waals surface area (Å²) in [5, 5.41) is 15.5. The lowest BCUT2D eigenvalue weighted by atomic mass is 10.1. The minimum atomic E-state index is -0.395. The van der Waals surface area contributed by atoms with E-state index in [1.54, 1.807) is 25.1 Å². The number of aryl methyl sites for hydroxylation is 1. The van der Waals surface area contributed by atoms with Crippen molar-refractivity contribution >= 4 is 45.9 Å². The highest BCUT2D eigenvalue weighted by molar-refractivity contribution is 7.99. The van der Waals surface area contributed by atoms with Gasteiger partial charge in [-0.25, -0.2) is 4.79 Å². The third-order valence-corrected chi connectivity index (χ3v) is 8.71. The first-order valence-corrected chi connectivity index (χ1v) is 15.4. The van der Waals surface area contributed by atoms with Crippen molar-refractivity contribution in [3.8, 4) is 11.5 Å². The van der Waals surface area contributed by atoms with Crippen molar-refractivity contribution in [1.29, 1.82) is 0 Å². The summed E-state index contributed by atoms with van der Waals surface area (Å²) in [6.07, 6.45) is 4.56. The maximum absolute atomic E-state index is 12.9. The molecule has 0 bridgehead atoms. The molecule has 11 nitrogen and oxygen atoms in total. The van der Waals surface area contributed by atoms with Crippen LogP contribution in [0.5, 0.6) is 11.5 Å². The number of thioether (sulfide) groups is 1. The molecule has 0 spiro atoms. The number of hydrogen-bond donors (Lipinski definition) is 2. The molecular weight excluding hydrogens is 566 g/mol. The number of ether oxygens (including phenoxy) is 3. The molecule has 3 aromatic rings. The number of nitrogens with one attached hydrogen (secondary N) is 2. The number of amides is 2. The molecule has 0 saturated heterocycles. The molecule has 41 heavy (non-hydrogen) atoms. The van der Waals surface area contributed by atoms with Crippen LogP contribution >= 0.6 is 23.1 Å². The van der Waals surface area contributed by atoms with E-state index < -0.39 is 5.97 Å². The monoisotopic (exact) mass is 601 g/mol. The number of rotatable bonds is 14. The van der Waals surface area contributed by atoms with Gasteiger partial charge in [0.25, 0.3) is 5.91 Å². The van der Waals surface area contributed by atoms with Gasteiger partial charge < -0.3 is 29.4 Å². The smallest absolute Gasteiger partial charge is 0.341 e. The van der Waals surface area contributed by atoms with E-state index in [9.17, 15) is 14.4 Å². The first kappa shape index (κ1) is 30.4. The number of carbonyl (C=O) groups excluding carboxylic acids is 3. The largest absolute Gasteiger partial charge is 0.497 e. The lowest BCUT2D eigenvalue weighted by Gasteiger charge is -2.12. The minimum Gasteiger partial charge on any atom is -0.497 e. The van der Waals surface area contributed by atoms with Gasteiger partial charge in [0.1, 0.15) is 16.5 Å². The molecule has 2 aromatic heterocycles. The van der Waals surface area contributed by atoms with E-state index in [4.69, 9.17) is 14.2 Å². The van der Waals surface area contributed by atoms with E-state index in [1.165, 1.54) is 37.3 Å². The number of fused-ring (bicyclic) bond motifs is 1. The predicted octanol–water partition coefficient (Wildman–Crippen LogP) is 4.48.